The van der Waals surface area contributed by atoms with E-state index in [1.165, 1.54) is 12.5 Å². The Morgan fingerprint density at radius 3 is 1.50 bits per heavy atom. The topological polar surface area (TPSA) is 188 Å². The Kier molecular flexibility index (Phi) is 137. The molecule has 0 aliphatic carbocycles. The van der Waals surface area contributed by atoms with E-state index in [2.05, 4.69) is 28.4 Å². The van der Waals surface area contributed by atoms with Crippen LogP contribution in [0.5, 0.6) is 0 Å². The molecule has 0 fully saturated rings. The summed E-state index contributed by atoms with van der Waals surface area (Å²) < 4.78 is 8.54. The maximum absolute atomic E-state index is 9.60. The average molecular weight is 279 g/mol. The number of carbonyl (C=O) groups is 1. The summed E-state index contributed by atoms with van der Waals surface area (Å²) in [5, 5.41) is 0. The van der Waals surface area contributed by atoms with Crippen LogP contribution in [0.25, 0.3) is 0 Å². The molecule has 9 heteroatoms. The van der Waals surface area contributed by atoms with E-state index in [1.807, 2.05) is 0 Å². The third-order valence-electron chi connectivity index (χ3n) is 0.479. The molecule has 0 unspecified atom stereocenters. The van der Waals surface area contributed by atoms with Gasteiger partial charge in [-0.2, -0.15) is 0 Å². The molecule has 0 heterocycles. The Morgan fingerprint density at radius 2 is 1.50 bits per heavy atom. The number of carbonyl (C=O) groups excluding carboxylic acids is 1. The van der Waals surface area contributed by atoms with E-state index < -0.39 is 6.09 Å². The zero-order chi connectivity index (χ0) is 9.11. The molecule has 0 aromatic carbocycles. The van der Waals surface area contributed by atoms with Crippen molar-refractivity contribution in [3.05, 3.63) is 25.7 Å². The first-order chi connectivity index (χ1) is 5.18. The second kappa shape index (κ2) is 48.0. The van der Waals surface area contributed by atoms with Gasteiger partial charge >= 0.3 is 6.09 Å². The van der Waals surface area contributed by atoms with Crippen molar-refractivity contribution in [3.8, 4) is 0 Å². The summed E-state index contributed by atoms with van der Waals surface area (Å²) in [6.45, 7) is 8.57. The fraction of sp³-hybridized carbons (Fsp3) is 0.286. The molecule has 0 spiro atoms. The molecule has 0 aliphatic rings. The smallest absolute Gasteiger partial charge is 0.404 e. The molecule has 0 aromatic rings. The standard InChI is InChI=1S/C4H6O.C3H7NO2.4H2O.Ti/c1-3-5-4-2;1-2-6-3(4)5;;;;;/h3-4H,1-2H2;2H2,1H3,(H2,4,5);4*1H2;. The Balaban J connectivity index is -0.0000000155. The van der Waals surface area contributed by atoms with Crippen LogP contribution in [0.2, 0.25) is 0 Å². The summed E-state index contributed by atoms with van der Waals surface area (Å²) in [5.41, 5.74) is 4.54. The van der Waals surface area contributed by atoms with Gasteiger partial charge in [0.2, 0.25) is 0 Å². The number of rotatable bonds is 3. The van der Waals surface area contributed by atoms with Gasteiger partial charge in [0.15, 0.2) is 0 Å². The molecule has 1 amide bonds. The van der Waals surface area contributed by atoms with E-state index in [9.17, 15) is 4.79 Å². The van der Waals surface area contributed by atoms with Crippen molar-refractivity contribution < 1.29 is 57.9 Å². The van der Waals surface area contributed by atoms with E-state index in [0.29, 0.717) is 6.61 Å². The van der Waals surface area contributed by atoms with Gasteiger partial charge in [0, 0.05) is 21.7 Å². The van der Waals surface area contributed by atoms with Gasteiger partial charge in [-0.05, 0) is 6.92 Å². The SMILES string of the molecule is C=COC=C.CCOC(N)=O.O.O.O.O.[Ti]. The molecule has 0 atom stereocenters. The number of primary amides is 1. The second-order valence-corrected chi connectivity index (χ2v) is 1.22. The van der Waals surface area contributed by atoms with Crippen molar-refractivity contribution in [1.29, 1.82) is 0 Å². The fourth-order valence-corrected chi connectivity index (χ4v) is 0.210. The van der Waals surface area contributed by atoms with Crippen molar-refractivity contribution in [2.75, 3.05) is 6.61 Å². The second-order valence-electron chi connectivity index (χ2n) is 1.22. The van der Waals surface area contributed by atoms with Crippen molar-refractivity contribution in [3.63, 3.8) is 0 Å². The van der Waals surface area contributed by atoms with E-state index in [0.717, 1.165) is 0 Å². The Morgan fingerprint density at radius 1 is 1.19 bits per heavy atom. The largest absolute Gasteiger partial charge is 0.474 e. The van der Waals surface area contributed by atoms with Crippen LogP contribution in [-0.2, 0) is 31.2 Å². The summed E-state index contributed by atoms with van der Waals surface area (Å²) in [6, 6.07) is 0. The molecule has 0 rings (SSSR count). The number of ether oxygens (including phenoxy) is 2. The molecular formula is C7H21NO7Ti. The molecule has 0 bridgehead atoms. The third-order valence-corrected chi connectivity index (χ3v) is 0.479. The molecule has 10 N–H and O–H groups in total. The van der Waals surface area contributed by atoms with Crippen molar-refractivity contribution in [2.45, 2.75) is 6.92 Å². The molecule has 0 aromatic heterocycles. The summed E-state index contributed by atoms with van der Waals surface area (Å²) in [7, 11) is 0. The summed E-state index contributed by atoms with van der Waals surface area (Å²) >= 11 is 0. The van der Waals surface area contributed by atoms with Crippen LogP contribution in [0.1, 0.15) is 6.92 Å². The number of nitrogens with two attached hydrogens (primary N) is 1. The van der Waals surface area contributed by atoms with Gasteiger partial charge in [-0.15, -0.1) is 0 Å². The van der Waals surface area contributed by atoms with Gasteiger partial charge in [0.1, 0.15) is 0 Å². The van der Waals surface area contributed by atoms with E-state index in [-0.39, 0.29) is 43.6 Å². The fourth-order valence-electron chi connectivity index (χ4n) is 0.210. The first kappa shape index (κ1) is 45.7. The number of hydrogen-bond donors (Lipinski definition) is 1. The Hall–Kier alpha value is -0.896. The average Bonchev–Trinajstić information content (AvgIpc) is 1.90. The zero-order valence-electron chi connectivity index (χ0n) is 9.08. The first-order valence-electron chi connectivity index (χ1n) is 2.98. The maximum Gasteiger partial charge on any atom is 0.404 e. The first-order valence-corrected chi connectivity index (χ1v) is 2.98. The molecule has 16 heavy (non-hydrogen) atoms. The van der Waals surface area contributed by atoms with Crippen LogP contribution in [-0.4, -0.2) is 34.6 Å². The maximum atomic E-state index is 9.60. The monoisotopic (exact) mass is 279 g/mol. The molecular weight excluding hydrogens is 258 g/mol. The third kappa shape index (κ3) is 114. The molecule has 0 saturated heterocycles. The molecule has 100 valence electrons. The van der Waals surface area contributed by atoms with E-state index in [4.69, 9.17) is 0 Å². The Labute approximate surface area is 109 Å². The van der Waals surface area contributed by atoms with Crippen LogP contribution in [0, 0.1) is 0 Å². The number of hydrogen-bond acceptors (Lipinski definition) is 3. The van der Waals surface area contributed by atoms with Gasteiger partial charge in [0.05, 0.1) is 19.1 Å². The van der Waals surface area contributed by atoms with Crippen molar-refractivity contribution >= 4 is 6.09 Å². The van der Waals surface area contributed by atoms with Crippen LogP contribution in [0.4, 0.5) is 4.79 Å². The van der Waals surface area contributed by atoms with Crippen molar-refractivity contribution in [2.24, 2.45) is 5.73 Å². The minimum absolute atomic E-state index is 0. The zero-order valence-corrected chi connectivity index (χ0v) is 10.6. The summed E-state index contributed by atoms with van der Waals surface area (Å²) in [5.74, 6) is 0. The molecule has 8 nitrogen and oxygen atoms in total. The van der Waals surface area contributed by atoms with Crippen LogP contribution < -0.4 is 5.73 Å². The molecule has 0 aliphatic heterocycles. The van der Waals surface area contributed by atoms with Gasteiger partial charge in [0.25, 0.3) is 0 Å². The summed E-state index contributed by atoms with van der Waals surface area (Å²) in [6.07, 6.45) is 1.91. The van der Waals surface area contributed by atoms with Gasteiger partial charge in [-0.1, -0.05) is 13.2 Å². The van der Waals surface area contributed by atoms with Gasteiger partial charge < -0.3 is 37.1 Å². The molecule has 0 saturated carbocycles. The van der Waals surface area contributed by atoms with Crippen LogP contribution in [0.15, 0.2) is 25.7 Å². The van der Waals surface area contributed by atoms with E-state index >= 15 is 0 Å². The minimum atomic E-state index is -0.711. The predicted octanol–water partition coefficient (Wildman–Crippen LogP) is -1.91. The minimum Gasteiger partial charge on any atom is -0.474 e. The van der Waals surface area contributed by atoms with Crippen LogP contribution >= 0.6 is 0 Å². The number of amides is 1. The quantitative estimate of drug-likeness (QED) is 0.466. The van der Waals surface area contributed by atoms with Crippen LogP contribution in [0.3, 0.4) is 0 Å². The predicted molar refractivity (Wildman–Crippen MR) is 57.1 cm³/mol. The van der Waals surface area contributed by atoms with Gasteiger partial charge in [-0.25, -0.2) is 4.79 Å². The normalized spacial score (nSPS) is 4.56. The van der Waals surface area contributed by atoms with Gasteiger partial charge in [-0.3, -0.25) is 0 Å². The summed E-state index contributed by atoms with van der Waals surface area (Å²) in [4.78, 5) is 9.60. The molecule has 0 radical (unpaired) electrons. The van der Waals surface area contributed by atoms with Crippen molar-refractivity contribution in [1.82, 2.24) is 0 Å². The Bertz CT molecular complexity index is 128. The van der Waals surface area contributed by atoms with E-state index in [1.54, 1.807) is 6.92 Å².